The molecule has 0 aromatic rings. The minimum Gasteiger partial charge on any atom is -0.334 e. The quantitative estimate of drug-likeness (QED) is 0.765. The topological polar surface area (TPSA) is 83.7 Å². The number of alkyl halides is 3. The van der Waals surface area contributed by atoms with Crippen LogP contribution in [0.2, 0.25) is 0 Å². The summed E-state index contributed by atoms with van der Waals surface area (Å²) in [4.78, 5) is 11.6. The highest BCUT2D eigenvalue weighted by Crippen LogP contribution is 2.26. The van der Waals surface area contributed by atoms with Gasteiger partial charge in [-0.05, 0) is 18.8 Å². The third-order valence-electron chi connectivity index (χ3n) is 3.11. The van der Waals surface area contributed by atoms with Crippen LogP contribution in [0.25, 0.3) is 0 Å². The van der Waals surface area contributed by atoms with Crippen molar-refractivity contribution in [2.75, 3.05) is 26.2 Å². The Morgan fingerprint density at radius 1 is 1.35 bits per heavy atom. The Morgan fingerprint density at radius 2 is 1.90 bits per heavy atom. The zero-order valence-electron chi connectivity index (χ0n) is 11.1. The Morgan fingerprint density at radius 3 is 2.30 bits per heavy atom. The number of halogens is 3. The fourth-order valence-corrected chi connectivity index (χ4v) is 2.84. The fraction of sp³-hybridized carbons (Fsp3) is 0.900. The van der Waals surface area contributed by atoms with E-state index in [1.807, 2.05) is 0 Å². The van der Waals surface area contributed by atoms with Crippen LogP contribution >= 0.6 is 0 Å². The average Bonchev–Trinajstić information content (AvgIpc) is 2.22. The summed E-state index contributed by atoms with van der Waals surface area (Å²) < 4.78 is 59.9. The number of carbonyl (C=O) groups is 1. The molecule has 0 aliphatic carbocycles. The van der Waals surface area contributed by atoms with Crippen molar-refractivity contribution >= 4 is 16.1 Å². The summed E-state index contributed by atoms with van der Waals surface area (Å²) in [6.45, 7) is 2.24. The molecule has 0 spiro atoms. The summed E-state index contributed by atoms with van der Waals surface area (Å²) in [6.07, 6.45) is -3.86. The van der Waals surface area contributed by atoms with Crippen LogP contribution in [0.3, 0.4) is 0 Å². The van der Waals surface area contributed by atoms with E-state index in [-0.39, 0.29) is 32.1 Å². The lowest BCUT2D eigenvalue weighted by atomic mass is 9.96. The lowest BCUT2D eigenvalue weighted by molar-refractivity contribution is -0.191. The first-order valence-electron chi connectivity index (χ1n) is 6.19. The van der Waals surface area contributed by atoms with Crippen molar-refractivity contribution in [1.82, 2.24) is 9.21 Å². The molecule has 2 N–H and O–H groups in total. The number of rotatable bonds is 6. The van der Waals surface area contributed by atoms with E-state index < -0.39 is 22.3 Å². The molecule has 10 heteroatoms. The molecular formula is C10H18F3N3O3S. The smallest absolute Gasteiger partial charge is 0.334 e. The molecule has 6 nitrogen and oxygen atoms in total. The minimum absolute atomic E-state index is 0.00290. The van der Waals surface area contributed by atoms with Crippen LogP contribution < -0.4 is 5.14 Å². The largest absolute Gasteiger partial charge is 0.471 e. The fourth-order valence-electron chi connectivity index (χ4n) is 2.04. The maximum atomic E-state index is 12.1. The van der Waals surface area contributed by atoms with Gasteiger partial charge in [0, 0.05) is 26.2 Å². The number of likely N-dealkylation sites (tertiary alicyclic amines) is 1. The molecule has 1 heterocycles. The van der Waals surface area contributed by atoms with Crippen LogP contribution in [0, 0.1) is 5.92 Å². The number of nitrogens with zero attached hydrogens (tertiary/aromatic N) is 2. The Kier molecular flexibility index (Phi) is 5.39. The van der Waals surface area contributed by atoms with E-state index in [0.717, 1.165) is 4.31 Å². The SMILES string of the molecule is CCCN(CCC1CN(C(=O)C(F)(F)F)C1)S(N)(=O)=O. The van der Waals surface area contributed by atoms with Crippen LogP contribution in [-0.2, 0) is 15.0 Å². The second-order valence-electron chi connectivity index (χ2n) is 4.81. The standard InChI is InChI=1S/C10H18F3N3O3S/c1-2-4-16(20(14,18)19)5-3-8-6-15(7-8)9(17)10(11,12)13/h8H,2-7H2,1H3,(H2,14,18,19). The Bertz CT molecular complexity index is 446. The van der Waals surface area contributed by atoms with Gasteiger partial charge in [-0.1, -0.05) is 6.92 Å². The van der Waals surface area contributed by atoms with Crippen LogP contribution in [-0.4, -0.2) is 55.9 Å². The summed E-state index contributed by atoms with van der Waals surface area (Å²) in [6, 6.07) is 0. The van der Waals surface area contributed by atoms with E-state index in [0.29, 0.717) is 17.7 Å². The summed E-state index contributed by atoms with van der Waals surface area (Å²) in [5.41, 5.74) is 0. The van der Waals surface area contributed by atoms with E-state index in [4.69, 9.17) is 5.14 Å². The van der Waals surface area contributed by atoms with Gasteiger partial charge in [0.1, 0.15) is 0 Å². The van der Waals surface area contributed by atoms with E-state index in [1.165, 1.54) is 0 Å². The number of carbonyl (C=O) groups excluding carboxylic acids is 1. The summed E-state index contributed by atoms with van der Waals surface area (Å²) in [5, 5.41) is 5.03. The molecule has 1 fully saturated rings. The zero-order valence-corrected chi connectivity index (χ0v) is 11.9. The third-order valence-corrected chi connectivity index (χ3v) is 4.19. The molecule has 1 aliphatic heterocycles. The maximum absolute atomic E-state index is 12.1. The third kappa shape index (κ3) is 4.60. The van der Waals surface area contributed by atoms with E-state index in [1.54, 1.807) is 6.92 Å². The highest BCUT2D eigenvalue weighted by molar-refractivity contribution is 7.86. The van der Waals surface area contributed by atoms with Crippen molar-refractivity contribution in [2.45, 2.75) is 25.9 Å². The van der Waals surface area contributed by atoms with Gasteiger partial charge in [-0.15, -0.1) is 0 Å². The van der Waals surface area contributed by atoms with Gasteiger partial charge in [-0.25, -0.2) is 5.14 Å². The van der Waals surface area contributed by atoms with Crippen molar-refractivity contribution in [3.63, 3.8) is 0 Å². The lowest BCUT2D eigenvalue weighted by Gasteiger charge is -2.40. The highest BCUT2D eigenvalue weighted by Gasteiger charge is 2.46. The predicted octanol–water partition coefficient (Wildman–Crippen LogP) is 0.313. The molecule has 0 aromatic carbocycles. The molecule has 0 aromatic heterocycles. The van der Waals surface area contributed by atoms with Gasteiger partial charge in [-0.3, -0.25) is 4.79 Å². The van der Waals surface area contributed by atoms with Gasteiger partial charge in [0.15, 0.2) is 0 Å². The van der Waals surface area contributed by atoms with Gasteiger partial charge in [0.05, 0.1) is 0 Å². The second-order valence-corrected chi connectivity index (χ2v) is 6.35. The molecule has 20 heavy (non-hydrogen) atoms. The normalized spacial score (nSPS) is 17.4. The van der Waals surface area contributed by atoms with E-state index in [9.17, 15) is 26.4 Å². The van der Waals surface area contributed by atoms with Crippen LogP contribution in [0.1, 0.15) is 19.8 Å². The minimum atomic E-state index is -4.85. The molecule has 0 unspecified atom stereocenters. The molecule has 118 valence electrons. The summed E-state index contributed by atoms with van der Waals surface area (Å²) in [7, 11) is -3.79. The van der Waals surface area contributed by atoms with Gasteiger partial charge in [0.2, 0.25) is 0 Å². The maximum Gasteiger partial charge on any atom is 0.471 e. The molecule has 1 aliphatic rings. The van der Waals surface area contributed by atoms with E-state index in [2.05, 4.69) is 0 Å². The predicted molar refractivity (Wildman–Crippen MR) is 65.7 cm³/mol. The van der Waals surface area contributed by atoms with Crippen molar-refractivity contribution < 1.29 is 26.4 Å². The molecule has 0 saturated carbocycles. The number of amides is 1. The van der Waals surface area contributed by atoms with Gasteiger partial charge >= 0.3 is 12.1 Å². The first kappa shape index (κ1) is 17.2. The highest BCUT2D eigenvalue weighted by atomic mass is 32.2. The van der Waals surface area contributed by atoms with Gasteiger partial charge in [-0.2, -0.15) is 25.9 Å². The van der Waals surface area contributed by atoms with Gasteiger partial charge < -0.3 is 4.90 Å². The zero-order chi connectivity index (χ0) is 15.6. The number of hydrogen-bond acceptors (Lipinski definition) is 3. The Labute approximate surface area is 115 Å². The molecular weight excluding hydrogens is 299 g/mol. The molecule has 1 rings (SSSR count). The number of hydrogen-bond donors (Lipinski definition) is 1. The van der Waals surface area contributed by atoms with Crippen LogP contribution in [0.15, 0.2) is 0 Å². The molecule has 1 saturated heterocycles. The first-order chi connectivity index (χ1) is 9.05. The summed E-state index contributed by atoms with van der Waals surface area (Å²) in [5.74, 6) is -1.96. The Hall–Kier alpha value is -0.870. The average molecular weight is 317 g/mol. The van der Waals surface area contributed by atoms with Crippen molar-refractivity contribution in [2.24, 2.45) is 11.1 Å². The monoisotopic (exact) mass is 317 g/mol. The lowest BCUT2D eigenvalue weighted by Crippen LogP contribution is -2.55. The van der Waals surface area contributed by atoms with Crippen molar-refractivity contribution in [3.8, 4) is 0 Å². The van der Waals surface area contributed by atoms with Crippen molar-refractivity contribution in [3.05, 3.63) is 0 Å². The Balaban J connectivity index is 2.38. The van der Waals surface area contributed by atoms with Gasteiger partial charge in [0.25, 0.3) is 10.2 Å². The van der Waals surface area contributed by atoms with Crippen LogP contribution in [0.5, 0.6) is 0 Å². The van der Waals surface area contributed by atoms with E-state index >= 15 is 0 Å². The molecule has 1 amide bonds. The van der Waals surface area contributed by atoms with Crippen molar-refractivity contribution in [1.29, 1.82) is 0 Å². The number of nitrogens with two attached hydrogens (primary N) is 1. The second kappa shape index (κ2) is 6.27. The molecule has 0 bridgehead atoms. The first-order valence-corrected chi connectivity index (χ1v) is 7.70. The molecule has 0 atom stereocenters. The summed E-state index contributed by atoms with van der Waals surface area (Å²) >= 11 is 0. The molecule has 0 radical (unpaired) electrons. The van der Waals surface area contributed by atoms with Crippen LogP contribution in [0.4, 0.5) is 13.2 Å².